The smallest absolute Gasteiger partial charge is 0.00234 e. The highest BCUT2D eigenvalue weighted by Gasteiger charge is 2.26. The molecule has 0 bridgehead atoms. The van der Waals surface area contributed by atoms with Crippen LogP contribution in [-0.4, -0.2) is 0 Å². The standard InChI is InChI=1S/C34H32/c1-3-25-27-19-11-12-20-28(27)26(4-2)34-32(24-17-9-6-10-18-24)30-22-14-13-21-29(30)31(33(25)34)23-15-7-5-8-16-23/h5-10,13-18,21-22H,3-4,11-12,19-20H2,1-2H3. The SMILES string of the molecule is CCc1c2c(c(CC)c3c(-c4ccccc4)c4ccccc4c(-c4ccccc4)c13)CCCC2. The van der Waals surface area contributed by atoms with Crippen molar-refractivity contribution >= 4 is 21.5 Å². The Labute approximate surface area is 203 Å². The molecule has 0 nitrogen and oxygen atoms in total. The molecular formula is C34H32. The highest BCUT2D eigenvalue weighted by Crippen LogP contribution is 2.49. The second-order valence-electron chi connectivity index (χ2n) is 9.61. The van der Waals surface area contributed by atoms with Crippen LogP contribution in [0.4, 0.5) is 0 Å². The first-order valence-electron chi connectivity index (χ1n) is 13.0. The average molecular weight is 441 g/mol. The summed E-state index contributed by atoms with van der Waals surface area (Å²) >= 11 is 0. The summed E-state index contributed by atoms with van der Waals surface area (Å²) in [6, 6.07) is 31.3. The number of fused-ring (bicyclic) bond motifs is 3. The zero-order chi connectivity index (χ0) is 23.1. The van der Waals surface area contributed by atoms with Gasteiger partial charge >= 0.3 is 0 Å². The number of benzene rings is 5. The fraction of sp³-hybridized carbons (Fsp3) is 0.235. The van der Waals surface area contributed by atoms with E-state index in [1.807, 2.05) is 0 Å². The van der Waals surface area contributed by atoms with Crippen molar-refractivity contribution in [2.75, 3.05) is 0 Å². The van der Waals surface area contributed by atoms with Gasteiger partial charge in [-0.1, -0.05) is 98.8 Å². The summed E-state index contributed by atoms with van der Waals surface area (Å²) in [7, 11) is 0. The second-order valence-corrected chi connectivity index (χ2v) is 9.61. The Balaban J connectivity index is 1.95. The maximum Gasteiger partial charge on any atom is -0.00234 e. The zero-order valence-electron chi connectivity index (χ0n) is 20.3. The molecule has 0 spiro atoms. The Morgan fingerprint density at radius 1 is 0.500 bits per heavy atom. The van der Waals surface area contributed by atoms with E-state index in [0.29, 0.717) is 0 Å². The summed E-state index contributed by atoms with van der Waals surface area (Å²) in [4.78, 5) is 0. The normalized spacial score (nSPS) is 13.4. The van der Waals surface area contributed by atoms with Crippen molar-refractivity contribution < 1.29 is 0 Å². The minimum atomic E-state index is 1.08. The monoisotopic (exact) mass is 440 g/mol. The molecule has 168 valence electrons. The van der Waals surface area contributed by atoms with Crippen molar-refractivity contribution in [2.24, 2.45) is 0 Å². The summed E-state index contributed by atoms with van der Waals surface area (Å²) in [5, 5.41) is 5.74. The predicted molar refractivity (Wildman–Crippen MR) is 148 cm³/mol. The van der Waals surface area contributed by atoms with Gasteiger partial charge in [0.2, 0.25) is 0 Å². The molecule has 0 atom stereocenters. The van der Waals surface area contributed by atoms with Gasteiger partial charge in [-0.2, -0.15) is 0 Å². The Morgan fingerprint density at radius 3 is 1.26 bits per heavy atom. The van der Waals surface area contributed by atoms with E-state index in [2.05, 4.69) is 98.8 Å². The Bertz CT molecular complexity index is 1370. The molecule has 0 saturated carbocycles. The average Bonchev–Trinajstić information content (AvgIpc) is 2.91. The lowest BCUT2D eigenvalue weighted by Crippen LogP contribution is -2.12. The van der Waals surface area contributed by atoms with E-state index in [9.17, 15) is 0 Å². The first-order valence-corrected chi connectivity index (χ1v) is 13.0. The molecular weight excluding hydrogens is 408 g/mol. The third kappa shape index (κ3) is 3.20. The van der Waals surface area contributed by atoms with E-state index in [4.69, 9.17) is 0 Å². The zero-order valence-corrected chi connectivity index (χ0v) is 20.3. The Kier molecular flexibility index (Phi) is 5.46. The molecule has 0 amide bonds. The largest absolute Gasteiger partial charge is 0.0622 e. The van der Waals surface area contributed by atoms with Crippen LogP contribution in [0.15, 0.2) is 84.9 Å². The Morgan fingerprint density at radius 2 is 0.882 bits per heavy atom. The van der Waals surface area contributed by atoms with E-state index < -0.39 is 0 Å². The van der Waals surface area contributed by atoms with E-state index in [1.54, 1.807) is 22.3 Å². The third-order valence-electron chi connectivity index (χ3n) is 7.85. The quantitative estimate of drug-likeness (QED) is 0.244. The van der Waals surface area contributed by atoms with Crippen molar-refractivity contribution in [3.8, 4) is 22.3 Å². The maximum absolute atomic E-state index is 2.36. The van der Waals surface area contributed by atoms with E-state index in [0.717, 1.165) is 12.8 Å². The van der Waals surface area contributed by atoms with Gasteiger partial charge in [0.1, 0.15) is 0 Å². The topological polar surface area (TPSA) is 0 Å². The van der Waals surface area contributed by atoms with Crippen LogP contribution in [0.25, 0.3) is 43.8 Å². The molecule has 0 saturated heterocycles. The highest BCUT2D eigenvalue weighted by molar-refractivity contribution is 6.23. The van der Waals surface area contributed by atoms with Crippen molar-refractivity contribution in [3.05, 3.63) is 107 Å². The molecule has 1 aliphatic carbocycles. The van der Waals surface area contributed by atoms with Crippen LogP contribution in [-0.2, 0) is 25.7 Å². The second kappa shape index (κ2) is 8.76. The lowest BCUT2D eigenvalue weighted by molar-refractivity contribution is 0.675. The lowest BCUT2D eigenvalue weighted by atomic mass is 9.75. The van der Waals surface area contributed by atoms with Gasteiger partial charge in [0.05, 0.1) is 0 Å². The molecule has 0 heteroatoms. The molecule has 6 rings (SSSR count). The van der Waals surface area contributed by atoms with Crippen LogP contribution >= 0.6 is 0 Å². The van der Waals surface area contributed by atoms with Crippen LogP contribution < -0.4 is 0 Å². The fourth-order valence-corrected chi connectivity index (χ4v) is 6.50. The molecule has 5 aromatic carbocycles. The van der Waals surface area contributed by atoms with E-state index in [-0.39, 0.29) is 0 Å². The van der Waals surface area contributed by atoms with Gasteiger partial charge in [-0.25, -0.2) is 0 Å². The summed E-state index contributed by atoms with van der Waals surface area (Å²) in [5.74, 6) is 0. The molecule has 0 aromatic heterocycles. The van der Waals surface area contributed by atoms with Gasteiger partial charge in [0.25, 0.3) is 0 Å². The molecule has 0 heterocycles. The fourth-order valence-electron chi connectivity index (χ4n) is 6.50. The van der Waals surface area contributed by atoms with Crippen LogP contribution in [0, 0.1) is 0 Å². The molecule has 0 fully saturated rings. The van der Waals surface area contributed by atoms with E-state index in [1.165, 1.54) is 69.5 Å². The van der Waals surface area contributed by atoms with Gasteiger partial charge in [0.15, 0.2) is 0 Å². The number of rotatable bonds is 4. The van der Waals surface area contributed by atoms with Crippen molar-refractivity contribution in [3.63, 3.8) is 0 Å². The Hall–Kier alpha value is -3.38. The summed E-state index contributed by atoms with van der Waals surface area (Å²) in [6.45, 7) is 4.73. The van der Waals surface area contributed by atoms with Gasteiger partial charge in [-0.3, -0.25) is 0 Å². The van der Waals surface area contributed by atoms with Gasteiger partial charge in [-0.05, 0) is 105 Å². The first kappa shape index (κ1) is 21.2. The molecule has 5 aromatic rings. The maximum atomic E-state index is 2.36. The summed E-state index contributed by atoms with van der Waals surface area (Å²) in [5.41, 5.74) is 12.0. The minimum Gasteiger partial charge on any atom is -0.0622 e. The van der Waals surface area contributed by atoms with Crippen molar-refractivity contribution in [1.29, 1.82) is 0 Å². The number of hydrogen-bond acceptors (Lipinski definition) is 0. The van der Waals surface area contributed by atoms with E-state index >= 15 is 0 Å². The molecule has 0 N–H and O–H groups in total. The minimum absolute atomic E-state index is 1.08. The van der Waals surface area contributed by atoms with Gasteiger partial charge < -0.3 is 0 Å². The highest BCUT2D eigenvalue weighted by atomic mass is 14.3. The van der Waals surface area contributed by atoms with Crippen LogP contribution in [0.3, 0.4) is 0 Å². The van der Waals surface area contributed by atoms with Crippen LogP contribution in [0.2, 0.25) is 0 Å². The number of aryl methyl sites for hydroxylation is 2. The first-order chi connectivity index (χ1) is 16.8. The van der Waals surface area contributed by atoms with Crippen molar-refractivity contribution in [1.82, 2.24) is 0 Å². The predicted octanol–water partition coefficient (Wildman–Crippen LogP) is 9.33. The summed E-state index contributed by atoms with van der Waals surface area (Å²) in [6.07, 6.45) is 7.24. The van der Waals surface area contributed by atoms with Crippen LogP contribution in [0.1, 0.15) is 48.9 Å². The third-order valence-corrected chi connectivity index (χ3v) is 7.85. The molecule has 0 aliphatic heterocycles. The molecule has 0 radical (unpaired) electrons. The van der Waals surface area contributed by atoms with Crippen molar-refractivity contribution in [2.45, 2.75) is 52.4 Å². The summed E-state index contributed by atoms with van der Waals surface area (Å²) < 4.78 is 0. The molecule has 1 aliphatic rings. The lowest BCUT2D eigenvalue weighted by Gasteiger charge is -2.29. The van der Waals surface area contributed by atoms with Gasteiger partial charge in [0, 0.05) is 0 Å². The van der Waals surface area contributed by atoms with Crippen LogP contribution in [0.5, 0.6) is 0 Å². The molecule has 34 heavy (non-hydrogen) atoms. The van der Waals surface area contributed by atoms with Gasteiger partial charge in [-0.15, -0.1) is 0 Å². The molecule has 0 unspecified atom stereocenters. The number of hydrogen-bond donors (Lipinski definition) is 0.